The van der Waals surface area contributed by atoms with Crippen molar-refractivity contribution in [1.29, 1.82) is 0 Å². The first-order valence-corrected chi connectivity index (χ1v) is 4.86. The molecule has 1 saturated carbocycles. The number of fused-ring (bicyclic) bond motifs is 2. The molecule has 0 nitrogen and oxygen atoms in total. The third-order valence-electron chi connectivity index (χ3n) is 2.31. The molecule has 0 aromatic carbocycles. The molecule has 0 aromatic heterocycles. The zero-order chi connectivity index (χ0) is 6.48. The van der Waals surface area contributed by atoms with E-state index in [1.165, 1.54) is 23.7 Å². The highest BCUT2D eigenvalue weighted by molar-refractivity contribution is 9.14. The summed E-state index contributed by atoms with van der Waals surface area (Å²) in [5.41, 5.74) is 0. The van der Waals surface area contributed by atoms with Gasteiger partial charge in [0.2, 0.25) is 0 Å². The van der Waals surface area contributed by atoms with Gasteiger partial charge < -0.3 is 0 Å². The third-order valence-corrected chi connectivity index (χ3v) is 5.01. The Morgan fingerprint density at radius 3 is 2.67 bits per heavy atom. The predicted octanol–water partition coefficient (Wildman–Crippen LogP) is 3.21. The number of halogens is 2. The lowest BCUT2D eigenvalue weighted by atomic mass is 10.1. The van der Waals surface area contributed by atoms with Gasteiger partial charge in [0.1, 0.15) is 0 Å². The molecule has 2 rings (SSSR count). The molecule has 1 fully saturated rings. The Bertz CT molecular complexity index is 174. The van der Waals surface area contributed by atoms with Gasteiger partial charge in [0.25, 0.3) is 0 Å². The molecule has 2 aliphatic carbocycles. The summed E-state index contributed by atoms with van der Waals surface area (Å²) < 4.78 is 1.74. The fraction of sp³-hybridized carbons (Fsp3) is 0.714. The van der Waals surface area contributed by atoms with Crippen molar-refractivity contribution in [2.45, 2.75) is 23.6 Å². The van der Waals surface area contributed by atoms with Crippen LogP contribution in [0, 0.1) is 5.92 Å². The van der Waals surface area contributed by atoms with Crippen molar-refractivity contribution in [3.05, 3.63) is 10.6 Å². The molecular formula is C7H8Br2. The summed E-state index contributed by atoms with van der Waals surface area (Å²) >= 11 is 7.30. The quantitative estimate of drug-likeness (QED) is 0.580. The number of allylic oxidation sites excluding steroid dienone is 2. The smallest absolute Gasteiger partial charge is 0.0574 e. The first kappa shape index (κ1) is 6.41. The Labute approximate surface area is 72.0 Å². The zero-order valence-corrected chi connectivity index (χ0v) is 8.20. The summed E-state index contributed by atoms with van der Waals surface area (Å²) in [7, 11) is 0. The van der Waals surface area contributed by atoms with Gasteiger partial charge in [-0.3, -0.25) is 0 Å². The van der Waals surface area contributed by atoms with Crippen LogP contribution in [0.4, 0.5) is 0 Å². The summed E-state index contributed by atoms with van der Waals surface area (Å²) in [5, 5.41) is 0. The van der Waals surface area contributed by atoms with Crippen LogP contribution in [-0.4, -0.2) is 4.32 Å². The Morgan fingerprint density at radius 2 is 2.44 bits per heavy atom. The summed E-state index contributed by atoms with van der Waals surface area (Å²) in [6.45, 7) is 0. The van der Waals surface area contributed by atoms with Crippen molar-refractivity contribution in [2.24, 2.45) is 5.92 Å². The van der Waals surface area contributed by atoms with Crippen LogP contribution in [0.15, 0.2) is 10.6 Å². The third kappa shape index (κ3) is 0.829. The minimum Gasteiger partial charge on any atom is -0.0795 e. The lowest BCUT2D eigenvalue weighted by Gasteiger charge is -2.17. The molecule has 0 amide bonds. The maximum atomic E-state index is 3.74. The fourth-order valence-electron chi connectivity index (χ4n) is 1.75. The monoisotopic (exact) mass is 250 g/mol. The van der Waals surface area contributed by atoms with Gasteiger partial charge in [-0.1, -0.05) is 37.9 Å². The molecular weight excluding hydrogens is 244 g/mol. The van der Waals surface area contributed by atoms with Gasteiger partial charge in [-0.2, -0.15) is 0 Å². The average molecular weight is 252 g/mol. The summed E-state index contributed by atoms with van der Waals surface area (Å²) in [6.07, 6.45) is 6.35. The highest BCUT2D eigenvalue weighted by Gasteiger charge is 2.43. The van der Waals surface area contributed by atoms with E-state index in [9.17, 15) is 0 Å². The zero-order valence-electron chi connectivity index (χ0n) is 5.03. The van der Waals surface area contributed by atoms with E-state index >= 15 is 0 Å². The van der Waals surface area contributed by atoms with E-state index in [1.54, 1.807) is 0 Å². The maximum absolute atomic E-state index is 3.74. The van der Waals surface area contributed by atoms with Crippen molar-refractivity contribution < 1.29 is 0 Å². The number of hydrogen-bond acceptors (Lipinski definition) is 0. The summed E-state index contributed by atoms with van der Waals surface area (Å²) in [5.74, 6) is 0.860. The van der Waals surface area contributed by atoms with Crippen LogP contribution in [0.5, 0.6) is 0 Å². The highest BCUT2D eigenvalue weighted by Crippen LogP contribution is 2.54. The minimum absolute atomic E-state index is 0.359. The van der Waals surface area contributed by atoms with Gasteiger partial charge in [-0.05, 0) is 25.2 Å². The molecule has 0 heterocycles. The molecule has 0 N–H and O–H groups in total. The van der Waals surface area contributed by atoms with Crippen molar-refractivity contribution in [2.75, 3.05) is 0 Å². The Hall–Kier alpha value is 0.700. The number of hydrogen-bond donors (Lipinski definition) is 0. The van der Waals surface area contributed by atoms with Gasteiger partial charge in [0.15, 0.2) is 0 Å². The van der Waals surface area contributed by atoms with E-state index in [0.717, 1.165) is 5.92 Å². The molecule has 2 atom stereocenters. The highest BCUT2D eigenvalue weighted by atomic mass is 79.9. The van der Waals surface area contributed by atoms with Crippen LogP contribution >= 0.6 is 31.9 Å². The SMILES string of the molecule is BrC1=CC2CCC1(Br)C2. The van der Waals surface area contributed by atoms with Gasteiger partial charge in [0.05, 0.1) is 4.32 Å². The Kier molecular flexibility index (Phi) is 1.32. The van der Waals surface area contributed by atoms with Gasteiger partial charge in [-0.25, -0.2) is 0 Å². The largest absolute Gasteiger partial charge is 0.0795 e. The Balaban J connectivity index is 2.37. The molecule has 0 saturated heterocycles. The van der Waals surface area contributed by atoms with Crippen molar-refractivity contribution in [3.8, 4) is 0 Å². The van der Waals surface area contributed by atoms with Crippen LogP contribution in [0.1, 0.15) is 19.3 Å². The molecule has 0 spiro atoms. The second-order valence-electron chi connectivity index (χ2n) is 2.98. The van der Waals surface area contributed by atoms with E-state index < -0.39 is 0 Å². The van der Waals surface area contributed by atoms with E-state index in [2.05, 4.69) is 37.9 Å². The van der Waals surface area contributed by atoms with E-state index in [-0.39, 0.29) is 0 Å². The van der Waals surface area contributed by atoms with Gasteiger partial charge >= 0.3 is 0 Å². The summed E-state index contributed by atoms with van der Waals surface area (Å²) in [6, 6.07) is 0. The van der Waals surface area contributed by atoms with E-state index in [0.29, 0.717) is 4.32 Å². The molecule has 0 radical (unpaired) electrons. The van der Waals surface area contributed by atoms with Crippen LogP contribution < -0.4 is 0 Å². The molecule has 2 heteroatoms. The maximum Gasteiger partial charge on any atom is 0.0574 e. The molecule has 2 unspecified atom stereocenters. The normalized spacial score (nSPS) is 47.8. The fourth-order valence-corrected chi connectivity index (χ4v) is 3.26. The lowest BCUT2D eigenvalue weighted by Crippen LogP contribution is -2.12. The number of rotatable bonds is 0. The van der Waals surface area contributed by atoms with Crippen LogP contribution in [0.25, 0.3) is 0 Å². The van der Waals surface area contributed by atoms with Crippen LogP contribution in [-0.2, 0) is 0 Å². The predicted molar refractivity (Wildman–Crippen MR) is 46.0 cm³/mol. The standard InChI is InChI=1S/C7H8Br2/c8-6-3-5-1-2-7(6,9)4-5/h3,5H,1-2,4H2. The van der Waals surface area contributed by atoms with Crippen molar-refractivity contribution in [1.82, 2.24) is 0 Å². The summed E-state index contributed by atoms with van der Waals surface area (Å²) in [4.78, 5) is 0. The molecule has 2 aliphatic rings. The van der Waals surface area contributed by atoms with E-state index in [4.69, 9.17) is 0 Å². The molecule has 9 heavy (non-hydrogen) atoms. The van der Waals surface area contributed by atoms with Gasteiger partial charge in [-0.15, -0.1) is 0 Å². The molecule has 0 aliphatic heterocycles. The second kappa shape index (κ2) is 1.85. The molecule has 0 aromatic rings. The van der Waals surface area contributed by atoms with Crippen molar-refractivity contribution >= 4 is 31.9 Å². The number of alkyl halides is 1. The minimum atomic E-state index is 0.359. The van der Waals surface area contributed by atoms with Crippen LogP contribution in [0.2, 0.25) is 0 Å². The second-order valence-corrected chi connectivity index (χ2v) is 5.36. The lowest BCUT2D eigenvalue weighted by molar-refractivity contribution is 0.699. The first-order valence-electron chi connectivity index (χ1n) is 3.27. The van der Waals surface area contributed by atoms with Gasteiger partial charge in [0, 0.05) is 4.48 Å². The topological polar surface area (TPSA) is 0 Å². The Morgan fingerprint density at radius 1 is 1.67 bits per heavy atom. The van der Waals surface area contributed by atoms with Crippen molar-refractivity contribution in [3.63, 3.8) is 0 Å². The van der Waals surface area contributed by atoms with Crippen LogP contribution in [0.3, 0.4) is 0 Å². The van der Waals surface area contributed by atoms with E-state index in [1.807, 2.05) is 0 Å². The first-order chi connectivity index (χ1) is 4.21. The average Bonchev–Trinajstić information content (AvgIpc) is 2.22. The molecule has 2 bridgehead atoms. The molecule has 50 valence electrons.